The molecule has 1 heterocycles. The molecule has 1 amide bonds. The summed E-state index contributed by atoms with van der Waals surface area (Å²) in [5, 5.41) is 9.68. The Kier molecular flexibility index (Phi) is 8.48. The van der Waals surface area contributed by atoms with Crippen molar-refractivity contribution in [3.63, 3.8) is 0 Å². The number of hydrogen-bond acceptors (Lipinski definition) is 4. The molecule has 7 heteroatoms. The van der Waals surface area contributed by atoms with Gasteiger partial charge in [0.25, 0.3) is 0 Å². The van der Waals surface area contributed by atoms with Crippen LogP contribution in [0.3, 0.4) is 0 Å². The number of morpholine rings is 1. The van der Waals surface area contributed by atoms with E-state index in [0.717, 1.165) is 58.1 Å². The minimum atomic E-state index is 0.189. The lowest BCUT2D eigenvalue weighted by Crippen LogP contribution is -2.51. The van der Waals surface area contributed by atoms with Crippen LogP contribution in [0.25, 0.3) is 0 Å². The Morgan fingerprint density at radius 1 is 1.16 bits per heavy atom. The molecule has 1 atom stereocenters. The molecule has 2 aliphatic rings. The van der Waals surface area contributed by atoms with Gasteiger partial charge >= 0.3 is 0 Å². The average Bonchev–Trinajstić information content (AvgIpc) is 3.45. The van der Waals surface area contributed by atoms with Crippen LogP contribution < -0.4 is 16.0 Å². The monoisotopic (exact) mass is 353 g/mol. The molecule has 2 fully saturated rings. The third-order valence-corrected chi connectivity index (χ3v) is 4.70. The number of nitrogens with one attached hydrogen (secondary N) is 3. The first-order valence-corrected chi connectivity index (χ1v) is 9.64. The van der Waals surface area contributed by atoms with Gasteiger partial charge in [-0.25, -0.2) is 0 Å². The summed E-state index contributed by atoms with van der Waals surface area (Å²) in [6, 6.07) is 0.483. The van der Waals surface area contributed by atoms with Crippen molar-refractivity contribution < 1.29 is 9.53 Å². The Hall–Kier alpha value is -1.34. The molecular weight excluding hydrogens is 318 g/mol. The smallest absolute Gasteiger partial charge is 0.223 e. The third kappa shape index (κ3) is 7.61. The predicted octanol–water partition coefficient (Wildman–Crippen LogP) is 0.425. The van der Waals surface area contributed by atoms with Gasteiger partial charge in [-0.3, -0.25) is 14.7 Å². The molecule has 1 aliphatic heterocycles. The second-order valence-electron chi connectivity index (χ2n) is 7.38. The fraction of sp³-hybridized carbons (Fsp3) is 0.889. The number of amides is 1. The average molecular weight is 354 g/mol. The number of hydrogen-bond donors (Lipinski definition) is 3. The summed E-state index contributed by atoms with van der Waals surface area (Å²) < 4.78 is 5.47. The molecule has 0 aromatic rings. The summed E-state index contributed by atoms with van der Waals surface area (Å²) >= 11 is 0. The summed E-state index contributed by atoms with van der Waals surface area (Å²) in [6.07, 6.45) is 3.24. The highest BCUT2D eigenvalue weighted by Gasteiger charge is 2.29. The maximum Gasteiger partial charge on any atom is 0.223 e. The molecule has 3 N–H and O–H groups in total. The van der Waals surface area contributed by atoms with Gasteiger partial charge in [0, 0.05) is 51.7 Å². The van der Waals surface area contributed by atoms with E-state index in [1.165, 1.54) is 0 Å². The highest BCUT2D eigenvalue weighted by atomic mass is 16.5. The standard InChI is InChI=1S/C18H35N5O2/c1-14(2)12-16(23-8-10-25-11-9-23)13-22-18(19-3)21-7-6-20-17(24)15-4-5-15/h14-16H,4-13H2,1-3H3,(H,20,24)(H2,19,21,22). The van der Waals surface area contributed by atoms with Gasteiger partial charge in [0.15, 0.2) is 5.96 Å². The Morgan fingerprint density at radius 2 is 1.84 bits per heavy atom. The number of rotatable bonds is 9. The zero-order valence-electron chi connectivity index (χ0n) is 16.0. The highest BCUT2D eigenvalue weighted by molar-refractivity contribution is 5.81. The van der Waals surface area contributed by atoms with E-state index in [2.05, 4.69) is 39.7 Å². The summed E-state index contributed by atoms with van der Waals surface area (Å²) in [4.78, 5) is 18.4. The second-order valence-corrected chi connectivity index (χ2v) is 7.38. The molecule has 1 unspecified atom stereocenters. The van der Waals surface area contributed by atoms with Crippen molar-refractivity contribution >= 4 is 11.9 Å². The first-order valence-electron chi connectivity index (χ1n) is 9.64. The summed E-state index contributed by atoms with van der Waals surface area (Å²) in [5.41, 5.74) is 0. The Labute approximate surface area is 152 Å². The fourth-order valence-electron chi connectivity index (χ4n) is 3.14. The fourth-order valence-corrected chi connectivity index (χ4v) is 3.14. The third-order valence-electron chi connectivity index (χ3n) is 4.70. The van der Waals surface area contributed by atoms with E-state index in [0.29, 0.717) is 25.0 Å². The summed E-state index contributed by atoms with van der Waals surface area (Å²) in [5.74, 6) is 1.90. The van der Waals surface area contributed by atoms with Crippen LogP contribution in [-0.2, 0) is 9.53 Å². The minimum absolute atomic E-state index is 0.189. The number of carbonyl (C=O) groups excluding carboxylic acids is 1. The van der Waals surface area contributed by atoms with Crippen molar-refractivity contribution in [2.24, 2.45) is 16.8 Å². The van der Waals surface area contributed by atoms with E-state index in [1.54, 1.807) is 7.05 Å². The summed E-state index contributed by atoms with van der Waals surface area (Å²) in [6.45, 7) is 10.4. The van der Waals surface area contributed by atoms with Crippen molar-refractivity contribution in [2.75, 3.05) is 53.0 Å². The van der Waals surface area contributed by atoms with Gasteiger partial charge < -0.3 is 20.7 Å². The Bertz CT molecular complexity index is 431. The van der Waals surface area contributed by atoms with Gasteiger partial charge in [0.05, 0.1) is 13.2 Å². The van der Waals surface area contributed by atoms with E-state index in [9.17, 15) is 4.79 Å². The molecule has 7 nitrogen and oxygen atoms in total. The van der Waals surface area contributed by atoms with Gasteiger partial charge in [0.2, 0.25) is 5.91 Å². The van der Waals surface area contributed by atoms with Crippen LogP contribution in [0.15, 0.2) is 4.99 Å². The molecule has 1 aliphatic carbocycles. The topological polar surface area (TPSA) is 78.0 Å². The number of ether oxygens (including phenoxy) is 1. The van der Waals surface area contributed by atoms with Crippen molar-refractivity contribution in [3.05, 3.63) is 0 Å². The van der Waals surface area contributed by atoms with Crippen LogP contribution in [0.4, 0.5) is 0 Å². The number of aliphatic imine (C=N–C) groups is 1. The Morgan fingerprint density at radius 3 is 2.44 bits per heavy atom. The van der Waals surface area contributed by atoms with Gasteiger partial charge in [-0.1, -0.05) is 13.8 Å². The van der Waals surface area contributed by atoms with Gasteiger partial charge in [-0.05, 0) is 25.2 Å². The van der Waals surface area contributed by atoms with Crippen molar-refractivity contribution in [2.45, 2.75) is 39.2 Å². The van der Waals surface area contributed by atoms with Crippen molar-refractivity contribution in [1.82, 2.24) is 20.9 Å². The number of nitrogens with zero attached hydrogens (tertiary/aromatic N) is 2. The lowest BCUT2D eigenvalue weighted by atomic mass is 10.0. The van der Waals surface area contributed by atoms with Gasteiger partial charge in [-0.2, -0.15) is 0 Å². The van der Waals surface area contributed by atoms with Gasteiger partial charge in [-0.15, -0.1) is 0 Å². The number of guanidine groups is 1. The molecule has 0 aromatic heterocycles. The van der Waals surface area contributed by atoms with E-state index >= 15 is 0 Å². The van der Waals surface area contributed by atoms with Crippen LogP contribution in [0, 0.1) is 11.8 Å². The molecule has 1 saturated heterocycles. The van der Waals surface area contributed by atoms with Crippen LogP contribution in [0.2, 0.25) is 0 Å². The SMILES string of the molecule is CN=C(NCCNC(=O)C1CC1)NCC(CC(C)C)N1CCOCC1. The van der Waals surface area contributed by atoms with E-state index < -0.39 is 0 Å². The first-order chi connectivity index (χ1) is 12.1. The molecule has 0 aromatic carbocycles. The van der Waals surface area contributed by atoms with Crippen LogP contribution in [0.1, 0.15) is 33.1 Å². The lowest BCUT2D eigenvalue weighted by Gasteiger charge is -2.35. The molecule has 144 valence electrons. The minimum Gasteiger partial charge on any atom is -0.379 e. The van der Waals surface area contributed by atoms with Crippen molar-refractivity contribution in [1.29, 1.82) is 0 Å². The number of carbonyl (C=O) groups is 1. The molecule has 0 bridgehead atoms. The highest BCUT2D eigenvalue weighted by Crippen LogP contribution is 2.28. The summed E-state index contributed by atoms with van der Waals surface area (Å²) in [7, 11) is 1.78. The molecule has 0 spiro atoms. The molecule has 1 saturated carbocycles. The van der Waals surface area contributed by atoms with Crippen LogP contribution >= 0.6 is 0 Å². The molecule has 25 heavy (non-hydrogen) atoms. The maximum atomic E-state index is 11.6. The zero-order valence-corrected chi connectivity index (χ0v) is 16.0. The van der Waals surface area contributed by atoms with E-state index in [1.807, 2.05) is 0 Å². The second kappa shape index (κ2) is 10.6. The van der Waals surface area contributed by atoms with Crippen molar-refractivity contribution in [3.8, 4) is 0 Å². The molecule has 0 radical (unpaired) electrons. The first kappa shape index (κ1) is 20.0. The van der Waals surface area contributed by atoms with Crippen LogP contribution in [0.5, 0.6) is 0 Å². The Balaban J connectivity index is 1.69. The van der Waals surface area contributed by atoms with Gasteiger partial charge in [0.1, 0.15) is 0 Å². The quantitative estimate of drug-likeness (QED) is 0.318. The molecular formula is C18H35N5O2. The predicted molar refractivity (Wildman–Crippen MR) is 101 cm³/mol. The van der Waals surface area contributed by atoms with E-state index in [4.69, 9.17) is 4.74 Å². The zero-order chi connectivity index (χ0) is 18.1. The largest absolute Gasteiger partial charge is 0.379 e. The lowest BCUT2D eigenvalue weighted by molar-refractivity contribution is -0.122. The normalized spacial score (nSPS) is 20.4. The maximum absolute atomic E-state index is 11.6. The molecule has 2 rings (SSSR count). The van der Waals surface area contributed by atoms with Crippen LogP contribution in [-0.4, -0.2) is 75.8 Å². The van der Waals surface area contributed by atoms with E-state index in [-0.39, 0.29) is 11.8 Å².